The molecule has 0 aliphatic rings. The highest BCUT2D eigenvalue weighted by Gasteiger charge is 1.58. The van der Waals surface area contributed by atoms with Crippen LogP contribution >= 0.6 is 0 Å². The summed E-state index contributed by atoms with van der Waals surface area (Å²) < 4.78 is 0. The van der Waals surface area contributed by atoms with Gasteiger partial charge >= 0.3 is 0 Å². The van der Waals surface area contributed by atoms with Crippen molar-refractivity contribution in [1.29, 1.82) is 0 Å². The SMILES string of the molecule is NCC=CN=O. The Morgan fingerprint density at radius 2 is 2.50 bits per heavy atom. The van der Waals surface area contributed by atoms with Crippen LogP contribution in [0.2, 0.25) is 0 Å². The Morgan fingerprint density at radius 3 is 2.67 bits per heavy atom. The fraction of sp³-hybridized carbons (Fsp3) is 0.333. The van der Waals surface area contributed by atoms with Crippen molar-refractivity contribution < 1.29 is 0 Å². The summed E-state index contributed by atoms with van der Waals surface area (Å²) in [4.78, 5) is 9.17. The highest BCUT2D eigenvalue weighted by atomic mass is 16.2. The topological polar surface area (TPSA) is 55.4 Å². The lowest BCUT2D eigenvalue weighted by Crippen LogP contribution is -1.91. The van der Waals surface area contributed by atoms with E-state index < -0.39 is 0 Å². The van der Waals surface area contributed by atoms with E-state index in [-0.39, 0.29) is 0 Å². The van der Waals surface area contributed by atoms with E-state index in [9.17, 15) is 4.91 Å². The summed E-state index contributed by atoms with van der Waals surface area (Å²) in [5, 5.41) is 2.41. The largest absolute Gasteiger partial charge is 0.327 e. The Kier molecular flexibility index (Phi) is 3.80. The van der Waals surface area contributed by atoms with Crippen LogP contribution in [0.25, 0.3) is 0 Å². The molecular weight excluding hydrogens is 80.0 g/mol. The van der Waals surface area contributed by atoms with Gasteiger partial charge in [-0.15, -0.1) is 4.91 Å². The molecule has 0 spiro atoms. The zero-order chi connectivity index (χ0) is 4.83. The molecule has 3 heteroatoms. The maximum atomic E-state index is 9.17. The van der Waals surface area contributed by atoms with Crippen LogP contribution in [0.3, 0.4) is 0 Å². The first-order valence-corrected chi connectivity index (χ1v) is 1.59. The number of rotatable bonds is 2. The lowest BCUT2D eigenvalue weighted by atomic mass is 10.6. The second-order valence-corrected chi connectivity index (χ2v) is 0.726. The Hall–Kier alpha value is -0.700. The monoisotopic (exact) mass is 86.0 g/mol. The molecule has 0 aliphatic carbocycles. The molecule has 0 rings (SSSR count). The van der Waals surface area contributed by atoms with Crippen LogP contribution in [0.15, 0.2) is 17.5 Å². The van der Waals surface area contributed by atoms with Crippen molar-refractivity contribution in [2.75, 3.05) is 6.54 Å². The molecule has 2 N–H and O–H groups in total. The average molecular weight is 86.1 g/mol. The molecule has 0 heterocycles. The van der Waals surface area contributed by atoms with E-state index in [2.05, 4.69) is 5.18 Å². The van der Waals surface area contributed by atoms with Gasteiger partial charge in [-0.3, -0.25) is 0 Å². The first-order chi connectivity index (χ1) is 2.91. The van der Waals surface area contributed by atoms with Gasteiger partial charge in [0.15, 0.2) is 0 Å². The molecule has 0 amide bonds. The summed E-state index contributed by atoms with van der Waals surface area (Å²) in [6.45, 7) is 0.381. The molecule has 0 unspecified atom stereocenters. The molecule has 0 aromatic carbocycles. The van der Waals surface area contributed by atoms with E-state index in [0.717, 1.165) is 6.20 Å². The van der Waals surface area contributed by atoms with E-state index >= 15 is 0 Å². The molecule has 0 atom stereocenters. The molecule has 0 aromatic rings. The molecule has 0 radical (unpaired) electrons. The van der Waals surface area contributed by atoms with Crippen molar-refractivity contribution >= 4 is 0 Å². The zero-order valence-electron chi connectivity index (χ0n) is 3.29. The first-order valence-electron chi connectivity index (χ1n) is 1.59. The molecule has 0 saturated carbocycles. The minimum Gasteiger partial charge on any atom is -0.327 e. The normalized spacial score (nSPS) is 9.50. The van der Waals surface area contributed by atoms with Crippen molar-refractivity contribution in [3.05, 3.63) is 17.2 Å². The predicted octanol–water partition coefficient (Wildman–Crippen LogP) is 0.225. The van der Waals surface area contributed by atoms with E-state index in [1.54, 1.807) is 0 Å². The van der Waals surface area contributed by atoms with Gasteiger partial charge in [-0.25, -0.2) is 0 Å². The van der Waals surface area contributed by atoms with Gasteiger partial charge in [0.2, 0.25) is 0 Å². The summed E-state index contributed by atoms with van der Waals surface area (Å²) in [5.41, 5.74) is 4.93. The van der Waals surface area contributed by atoms with Crippen molar-refractivity contribution in [2.45, 2.75) is 0 Å². The molecule has 6 heavy (non-hydrogen) atoms. The van der Waals surface area contributed by atoms with Gasteiger partial charge in [0.1, 0.15) is 0 Å². The third kappa shape index (κ3) is 3.30. The maximum absolute atomic E-state index is 9.17. The first kappa shape index (κ1) is 5.30. The van der Waals surface area contributed by atoms with E-state index in [1.807, 2.05) is 0 Å². The molecular formula is C3H6N2O. The lowest BCUT2D eigenvalue weighted by molar-refractivity contribution is 1.24. The number of nitrogens with two attached hydrogens (primary N) is 1. The van der Waals surface area contributed by atoms with Gasteiger partial charge in [0, 0.05) is 6.54 Å². The quantitative estimate of drug-likeness (QED) is 0.489. The second kappa shape index (κ2) is 4.30. The standard InChI is InChI=1S/C3H6N2O/c4-2-1-3-5-6/h1,3H,2,4H2. The van der Waals surface area contributed by atoms with Crippen molar-refractivity contribution in [1.82, 2.24) is 0 Å². The Balaban J connectivity index is 2.94. The van der Waals surface area contributed by atoms with Gasteiger partial charge in [-0.05, 0) is 11.3 Å². The summed E-state index contributed by atoms with van der Waals surface area (Å²) >= 11 is 0. The number of nitrogens with zero attached hydrogens (tertiary/aromatic N) is 1. The van der Waals surface area contributed by atoms with Crippen LogP contribution in [0.5, 0.6) is 0 Å². The van der Waals surface area contributed by atoms with Crippen molar-refractivity contribution in [3.63, 3.8) is 0 Å². The fourth-order valence-corrected chi connectivity index (χ4v) is 0.104. The average Bonchev–Trinajstić information content (AvgIpc) is 1.61. The zero-order valence-corrected chi connectivity index (χ0v) is 3.29. The second-order valence-electron chi connectivity index (χ2n) is 0.726. The van der Waals surface area contributed by atoms with Crippen LogP contribution < -0.4 is 5.73 Å². The molecule has 34 valence electrons. The van der Waals surface area contributed by atoms with Crippen LogP contribution in [0.4, 0.5) is 0 Å². The minimum atomic E-state index is 0.381. The Morgan fingerprint density at radius 1 is 1.83 bits per heavy atom. The Bertz CT molecular complexity index is 59.8. The number of hydrogen-bond acceptors (Lipinski definition) is 3. The summed E-state index contributed by atoms with van der Waals surface area (Å²) in [6.07, 6.45) is 2.60. The number of nitroso groups, excluding NO2 is 1. The van der Waals surface area contributed by atoms with Crippen LogP contribution in [0, 0.1) is 4.91 Å². The minimum absolute atomic E-state index is 0.381. The molecule has 0 fully saturated rings. The van der Waals surface area contributed by atoms with Gasteiger partial charge in [0.25, 0.3) is 0 Å². The lowest BCUT2D eigenvalue weighted by Gasteiger charge is -1.66. The van der Waals surface area contributed by atoms with Crippen molar-refractivity contribution in [3.8, 4) is 0 Å². The molecule has 0 saturated heterocycles. The van der Waals surface area contributed by atoms with Gasteiger partial charge in [-0.2, -0.15) is 0 Å². The highest BCUT2D eigenvalue weighted by Crippen LogP contribution is 1.65. The molecule has 0 bridgehead atoms. The summed E-state index contributed by atoms with van der Waals surface area (Å²) in [7, 11) is 0. The number of hydrogen-bond donors (Lipinski definition) is 1. The van der Waals surface area contributed by atoms with E-state index in [4.69, 9.17) is 5.73 Å². The summed E-state index contributed by atoms with van der Waals surface area (Å²) in [6, 6.07) is 0. The molecule has 0 aromatic heterocycles. The van der Waals surface area contributed by atoms with Crippen LogP contribution in [0.1, 0.15) is 0 Å². The molecule has 0 aliphatic heterocycles. The van der Waals surface area contributed by atoms with Gasteiger partial charge in [0.05, 0.1) is 6.20 Å². The summed E-state index contributed by atoms with van der Waals surface area (Å²) in [5.74, 6) is 0. The van der Waals surface area contributed by atoms with E-state index in [1.165, 1.54) is 6.08 Å². The van der Waals surface area contributed by atoms with E-state index in [0.29, 0.717) is 6.54 Å². The maximum Gasteiger partial charge on any atom is 0.0687 e. The molecule has 3 nitrogen and oxygen atoms in total. The van der Waals surface area contributed by atoms with Crippen LogP contribution in [-0.4, -0.2) is 6.54 Å². The van der Waals surface area contributed by atoms with Crippen molar-refractivity contribution in [2.24, 2.45) is 10.9 Å². The third-order valence-electron chi connectivity index (χ3n) is 0.302. The highest BCUT2D eigenvalue weighted by molar-refractivity contribution is 4.78. The van der Waals surface area contributed by atoms with Gasteiger partial charge in [-0.1, -0.05) is 0 Å². The third-order valence-corrected chi connectivity index (χ3v) is 0.302. The van der Waals surface area contributed by atoms with Crippen LogP contribution in [-0.2, 0) is 0 Å². The smallest absolute Gasteiger partial charge is 0.0687 e. The fourth-order valence-electron chi connectivity index (χ4n) is 0.104. The van der Waals surface area contributed by atoms with Gasteiger partial charge < -0.3 is 5.73 Å². The Labute approximate surface area is 35.8 Å². The predicted molar refractivity (Wildman–Crippen MR) is 24.0 cm³/mol.